The molecule has 0 aliphatic carbocycles. The summed E-state index contributed by atoms with van der Waals surface area (Å²) in [4.78, 5) is 16.3. The number of piperazine rings is 1. The van der Waals surface area contributed by atoms with Crippen LogP contribution in [0.25, 0.3) is 6.08 Å². The third-order valence-corrected chi connectivity index (χ3v) is 4.54. The molecule has 0 N–H and O–H groups in total. The van der Waals surface area contributed by atoms with Crippen LogP contribution in [-0.4, -0.2) is 43.6 Å². The Labute approximate surface area is 161 Å². The summed E-state index contributed by atoms with van der Waals surface area (Å²) in [5.41, 5.74) is 1.46. The Morgan fingerprint density at radius 3 is 2.52 bits per heavy atom. The molecular formula is C20H19ClF2N2O2. The molecular weight excluding hydrogens is 374 g/mol. The highest BCUT2D eigenvalue weighted by atomic mass is 35.5. The number of nitrogens with zero attached hydrogens (tertiary/aromatic N) is 2. The molecule has 142 valence electrons. The number of halogens is 3. The maximum absolute atomic E-state index is 12.5. The number of para-hydroxylation sites is 1. The number of alkyl halides is 2. The largest absolute Gasteiger partial charge is 0.434 e. The molecule has 2 aromatic carbocycles. The number of carbonyl (C=O) groups is 1. The summed E-state index contributed by atoms with van der Waals surface area (Å²) in [5.74, 6) is -0.116. The van der Waals surface area contributed by atoms with E-state index in [0.29, 0.717) is 36.8 Å². The van der Waals surface area contributed by atoms with Gasteiger partial charge in [0, 0.05) is 48.5 Å². The van der Waals surface area contributed by atoms with Gasteiger partial charge >= 0.3 is 6.61 Å². The molecule has 0 bridgehead atoms. The summed E-state index contributed by atoms with van der Waals surface area (Å²) in [6.45, 7) is -0.360. The fourth-order valence-corrected chi connectivity index (χ4v) is 3.13. The standard InChI is InChI=1S/C20H19ClF2N2O2/c21-16-5-3-6-17(14-16)24-10-12-25(13-11-24)19(26)9-8-15-4-1-2-7-18(15)27-20(22)23/h1-9,14,20H,10-13H2/b9-8+. The maximum atomic E-state index is 12.5. The predicted octanol–water partition coefficient (Wildman–Crippen LogP) is 4.30. The number of anilines is 1. The fraction of sp³-hybridized carbons (Fsp3) is 0.250. The highest BCUT2D eigenvalue weighted by molar-refractivity contribution is 6.30. The molecule has 1 aliphatic heterocycles. The Hall–Kier alpha value is -2.60. The highest BCUT2D eigenvalue weighted by Gasteiger charge is 2.20. The van der Waals surface area contributed by atoms with Crippen LogP contribution in [0.1, 0.15) is 5.56 Å². The summed E-state index contributed by atoms with van der Waals surface area (Å²) >= 11 is 6.03. The number of rotatable bonds is 5. The number of ether oxygens (including phenoxy) is 1. The average Bonchev–Trinajstić information content (AvgIpc) is 2.67. The van der Waals surface area contributed by atoms with Crippen LogP contribution in [0, 0.1) is 0 Å². The first kappa shape index (κ1) is 19.2. The van der Waals surface area contributed by atoms with E-state index >= 15 is 0 Å². The van der Waals surface area contributed by atoms with Gasteiger partial charge < -0.3 is 14.5 Å². The molecule has 0 atom stereocenters. The molecule has 1 aliphatic rings. The van der Waals surface area contributed by atoms with E-state index in [-0.39, 0.29) is 11.7 Å². The van der Waals surface area contributed by atoms with Crippen molar-refractivity contribution < 1.29 is 18.3 Å². The van der Waals surface area contributed by atoms with E-state index < -0.39 is 6.61 Å². The lowest BCUT2D eigenvalue weighted by Crippen LogP contribution is -2.48. The minimum Gasteiger partial charge on any atom is -0.434 e. The van der Waals surface area contributed by atoms with Crippen molar-refractivity contribution in [3.63, 3.8) is 0 Å². The third kappa shape index (κ3) is 5.20. The van der Waals surface area contributed by atoms with Gasteiger partial charge in [-0.1, -0.05) is 35.9 Å². The van der Waals surface area contributed by atoms with Crippen LogP contribution < -0.4 is 9.64 Å². The quantitative estimate of drug-likeness (QED) is 0.711. The van der Waals surface area contributed by atoms with Gasteiger partial charge in [-0.05, 0) is 30.3 Å². The zero-order chi connectivity index (χ0) is 19.2. The Morgan fingerprint density at radius 2 is 1.81 bits per heavy atom. The van der Waals surface area contributed by atoms with Crippen molar-refractivity contribution >= 4 is 29.3 Å². The molecule has 0 aromatic heterocycles. The molecule has 7 heteroatoms. The lowest BCUT2D eigenvalue weighted by atomic mass is 10.2. The van der Waals surface area contributed by atoms with E-state index in [9.17, 15) is 13.6 Å². The highest BCUT2D eigenvalue weighted by Crippen LogP contribution is 2.23. The van der Waals surface area contributed by atoms with Crippen LogP contribution in [-0.2, 0) is 4.79 Å². The van der Waals surface area contributed by atoms with E-state index in [1.165, 1.54) is 18.2 Å². The van der Waals surface area contributed by atoms with Crippen LogP contribution in [0.5, 0.6) is 5.75 Å². The van der Waals surface area contributed by atoms with Gasteiger partial charge in [0.15, 0.2) is 0 Å². The topological polar surface area (TPSA) is 32.8 Å². The van der Waals surface area contributed by atoms with E-state index in [1.54, 1.807) is 23.1 Å². The van der Waals surface area contributed by atoms with Crippen LogP contribution in [0.15, 0.2) is 54.6 Å². The summed E-state index contributed by atoms with van der Waals surface area (Å²) < 4.78 is 29.4. The second-order valence-electron chi connectivity index (χ2n) is 6.04. The Balaban J connectivity index is 1.59. The van der Waals surface area contributed by atoms with Crippen LogP contribution in [0.4, 0.5) is 14.5 Å². The molecule has 0 unspecified atom stereocenters. The molecule has 1 heterocycles. The van der Waals surface area contributed by atoms with Gasteiger partial charge in [0.2, 0.25) is 5.91 Å². The van der Waals surface area contributed by atoms with Crippen LogP contribution >= 0.6 is 11.6 Å². The van der Waals surface area contributed by atoms with Gasteiger partial charge in [-0.3, -0.25) is 4.79 Å². The number of carbonyl (C=O) groups excluding carboxylic acids is 1. The Morgan fingerprint density at radius 1 is 1.07 bits per heavy atom. The van der Waals surface area contributed by atoms with Crippen LogP contribution in [0.2, 0.25) is 5.02 Å². The number of benzene rings is 2. The van der Waals surface area contributed by atoms with E-state index in [4.69, 9.17) is 11.6 Å². The maximum Gasteiger partial charge on any atom is 0.387 e. The second kappa shape index (κ2) is 8.86. The summed E-state index contributed by atoms with van der Waals surface area (Å²) in [6, 6.07) is 14.0. The van der Waals surface area contributed by atoms with Crippen molar-refractivity contribution in [2.24, 2.45) is 0 Å². The fourth-order valence-electron chi connectivity index (χ4n) is 2.95. The molecule has 0 radical (unpaired) electrons. The van der Waals surface area contributed by atoms with E-state index in [2.05, 4.69) is 9.64 Å². The number of amides is 1. The van der Waals surface area contributed by atoms with Gasteiger partial charge in [-0.25, -0.2) is 0 Å². The first-order valence-corrected chi connectivity index (χ1v) is 8.92. The smallest absolute Gasteiger partial charge is 0.387 e. The van der Waals surface area contributed by atoms with Crippen molar-refractivity contribution in [2.75, 3.05) is 31.1 Å². The van der Waals surface area contributed by atoms with Crippen LogP contribution in [0.3, 0.4) is 0 Å². The molecule has 27 heavy (non-hydrogen) atoms. The predicted molar refractivity (Wildman–Crippen MR) is 102 cm³/mol. The van der Waals surface area contributed by atoms with Gasteiger partial charge in [-0.2, -0.15) is 8.78 Å². The van der Waals surface area contributed by atoms with Gasteiger partial charge in [0.25, 0.3) is 0 Å². The van der Waals surface area contributed by atoms with Gasteiger partial charge in [-0.15, -0.1) is 0 Å². The van der Waals surface area contributed by atoms with Crippen molar-refractivity contribution in [3.8, 4) is 5.75 Å². The number of hydrogen-bond acceptors (Lipinski definition) is 3. The third-order valence-electron chi connectivity index (χ3n) is 4.31. The van der Waals surface area contributed by atoms with Crippen molar-refractivity contribution in [1.82, 2.24) is 4.90 Å². The minimum absolute atomic E-state index is 0.0438. The molecule has 3 rings (SSSR count). The van der Waals surface area contributed by atoms with Crippen molar-refractivity contribution in [3.05, 3.63) is 65.2 Å². The first-order chi connectivity index (χ1) is 13.0. The Kier molecular flexibility index (Phi) is 6.29. The summed E-state index contributed by atoms with van der Waals surface area (Å²) in [5, 5.41) is 0.679. The van der Waals surface area contributed by atoms with Gasteiger partial charge in [0.05, 0.1) is 0 Å². The lowest BCUT2D eigenvalue weighted by molar-refractivity contribution is -0.126. The zero-order valence-corrected chi connectivity index (χ0v) is 15.3. The second-order valence-corrected chi connectivity index (χ2v) is 6.48. The van der Waals surface area contributed by atoms with Crippen molar-refractivity contribution in [2.45, 2.75) is 6.61 Å². The SMILES string of the molecule is O=C(/C=C/c1ccccc1OC(F)F)N1CCN(c2cccc(Cl)c2)CC1. The molecule has 1 saturated heterocycles. The zero-order valence-electron chi connectivity index (χ0n) is 14.5. The summed E-state index contributed by atoms with van der Waals surface area (Å²) in [6.07, 6.45) is 2.89. The van der Waals surface area contributed by atoms with E-state index in [1.807, 2.05) is 24.3 Å². The molecule has 0 spiro atoms. The normalized spacial score (nSPS) is 14.8. The average molecular weight is 393 g/mol. The van der Waals surface area contributed by atoms with Crippen molar-refractivity contribution in [1.29, 1.82) is 0 Å². The Bertz CT molecular complexity index is 821. The molecule has 4 nitrogen and oxygen atoms in total. The number of hydrogen-bond donors (Lipinski definition) is 0. The van der Waals surface area contributed by atoms with Gasteiger partial charge in [0.1, 0.15) is 5.75 Å². The monoisotopic (exact) mass is 392 g/mol. The first-order valence-electron chi connectivity index (χ1n) is 8.54. The van der Waals surface area contributed by atoms with E-state index in [0.717, 1.165) is 5.69 Å². The minimum atomic E-state index is -2.91. The molecule has 1 amide bonds. The molecule has 0 saturated carbocycles. The lowest BCUT2D eigenvalue weighted by Gasteiger charge is -2.35. The molecule has 2 aromatic rings. The summed E-state index contributed by atoms with van der Waals surface area (Å²) in [7, 11) is 0. The molecule has 1 fully saturated rings.